The van der Waals surface area contributed by atoms with Gasteiger partial charge in [0, 0.05) is 24.2 Å². The monoisotopic (exact) mass is 619 g/mol. The van der Waals surface area contributed by atoms with Gasteiger partial charge in [0.15, 0.2) is 11.6 Å². The van der Waals surface area contributed by atoms with Gasteiger partial charge in [-0.25, -0.2) is 8.78 Å². The second kappa shape index (κ2) is 10.9. The number of hydrogen-bond donors (Lipinski definition) is 3. The van der Waals surface area contributed by atoms with Crippen LogP contribution in [0.2, 0.25) is 15.1 Å². The lowest BCUT2D eigenvalue weighted by Crippen LogP contribution is -2.19. The van der Waals surface area contributed by atoms with E-state index >= 15 is 0 Å². The molecule has 3 aromatic carbocycles. The lowest BCUT2D eigenvalue weighted by molar-refractivity contribution is -0.117. The molecule has 6 nitrogen and oxygen atoms in total. The summed E-state index contributed by atoms with van der Waals surface area (Å²) in [5, 5.41) is 7.57. The van der Waals surface area contributed by atoms with Crippen molar-refractivity contribution in [3.8, 4) is 0 Å². The van der Waals surface area contributed by atoms with E-state index in [1.54, 1.807) is 18.2 Å². The van der Waals surface area contributed by atoms with E-state index in [-0.39, 0.29) is 27.0 Å². The number of rotatable bonds is 6. The van der Waals surface area contributed by atoms with E-state index in [9.17, 15) is 23.2 Å². The molecule has 0 bridgehead atoms. The van der Waals surface area contributed by atoms with Gasteiger partial charge < -0.3 is 16.0 Å². The molecule has 0 aliphatic heterocycles. The quantitative estimate of drug-likeness (QED) is 0.247. The summed E-state index contributed by atoms with van der Waals surface area (Å²) in [5.41, 5.74) is -0.257. The SMILES string of the molecule is CC(=O)Nc1cc(F)c(NC(=O)c2cc(NC(=O)C3[C@H](c4ccc(Cl)c(Cl)c4)C3(Cl)Cl)ccc2Cl)c(F)c1. The van der Waals surface area contributed by atoms with Crippen molar-refractivity contribution < 1.29 is 23.2 Å². The number of benzene rings is 3. The van der Waals surface area contributed by atoms with Gasteiger partial charge >= 0.3 is 0 Å². The molecule has 198 valence electrons. The van der Waals surface area contributed by atoms with Crippen molar-refractivity contribution in [2.75, 3.05) is 16.0 Å². The van der Waals surface area contributed by atoms with Gasteiger partial charge in [-0.2, -0.15) is 0 Å². The third-order valence-corrected chi connectivity index (χ3v) is 7.73. The first-order valence-corrected chi connectivity index (χ1v) is 12.7. The Morgan fingerprint density at radius 1 is 0.789 bits per heavy atom. The Labute approximate surface area is 240 Å². The van der Waals surface area contributed by atoms with Gasteiger partial charge in [0.2, 0.25) is 11.8 Å². The Morgan fingerprint density at radius 2 is 1.42 bits per heavy atom. The summed E-state index contributed by atoms with van der Waals surface area (Å²) in [7, 11) is 0. The van der Waals surface area contributed by atoms with Gasteiger partial charge in [0.25, 0.3) is 5.91 Å². The summed E-state index contributed by atoms with van der Waals surface area (Å²) in [6.07, 6.45) is 0. The molecule has 0 radical (unpaired) electrons. The van der Waals surface area contributed by atoms with E-state index in [2.05, 4.69) is 16.0 Å². The van der Waals surface area contributed by atoms with Crippen molar-refractivity contribution in [2.24, 2.45) is 5.92 Å². The van der Waals surface area contributed by atoms with Crippen LogP contribution >= 0.6 is 58.0 Å². The van der Waals surface area contributed by atoms with Crippen LogP contribution in [0.3, 0.4) is 0 Å². The van der Waals surface area contributed by atoms with Crippen LogP contribution < -0.4 is 16.0 Å². The Morgan fingerprint density at radius 3 is 2.03 bits per heavy atom. The zero-order valence-corrected chi connectivity index (χ0v) is 22.9. The zero-order valence-electron chi connectivity index (χ0n) is 19.1. The number of hydrogen-bond acceptors (Lipinski definition) is 3. The average molecular weight is 622 g/mol. The second-order valence-electron chi connectivity index (χ2n) is 8.44. The fourth-order valence-corrected chi connectivity index (χ4v) is 5.26. The standard InChI is InChI=1S/C25H16Cl5F2N3O3/c1-10(36)33-13-8-18(31)22(19(32)9-13)35-23(37)14-7-12(3-5-15(14)26)34-24(38)21-20(25(21,29)30)11-2-4-16(27)17(28)6-11/h2-9,20-21H,1H3,(H,33,36)(H,34,38)(H,35,37)/t20-,21?/m0/s1. The summed E-state index contributed by atoms with van der Waals surface area (Å²) in [6.45, 7) is 1.18. The lowest BCUT2D eigenvalue weighted by Gasteiger charge is -2.12. The highest BCUT2D eigenvalue weighted by Gasteiger charge is 2.67. The van der Waals surface area contributed by atoms with Crippen molar-refractivity contribution in [1.29, 1.82) is 0 Å². The number of carbonyl (C=O) groups excluding carboxylic acids is 3. The molecule has 1 fully saturated rings. The highest BCUT2D eigenvalue weighted by molar-refractivity contribution is 6.53. The maximum absolute atomic E-state index is 14.4. The van der Waals surface area contributed by atoms with E-state index in [1.807, 2.05) is 0 Å². The van der Waals surface area contributed by atoms with E-state index < -0.39 is 51.2 Å². The van der Waals surface area contributed by atoms with E-state index in [0.29, 0.717) is 10.6 Å². The summed E-state index contributed by atoms with van der Waals surface area (Å²) in [4.78, 5) is 36.9. The van der Waals surface area contributed by atoms with Gasteiger partial charge in [-0.15, -0.1) is 23.2 Å². The molecule has 3 N–H and O–H groups in total. The molecule has 1 saturated carbocycles. The molecule has 3 aromatic rings. The molecule has 0 heterocycles. The van der Waals surface area contributed by atoms with Crippen molar-refractivity contribution in [1.82, 2.24) is 0 Å². The molecular formula is C25H16Cl5F2N3O3. The first-order chi connectivity index (χ1) is 17.8. The Bertz CT molecular complexity index is 1460. The second-order valence-corrected chi connectivity index (χ2v) is 11.1. The third-order valence-electron chi connectivity index (χ3n) is 5.72. The molecule has 0 aromatic heterocycles. The van der Waals surface area contributed by atoms with Gasteiger partial charge in [0.1, 0.15) is 10.0 Å². The van der Waals surface area contributed by atoms with Crippen LogP contribution in [0.25, 0.3) is 0 Å². The molecule has 4 rings (SSSR count). The minimum atomic E-state index is -1.41. The van der Waals surface area contributed by atoms with Gasteiger partial charge in [0.05, 0.1) is 26.5 Å². The molecule has 0 saturated heterocycles. The van der Waals surface area contributed by atoms with Crippen LogP contribution in [0, 0.1) is 17.6 Å². The number of amides is 3. The fourth-order valence-electron chi connectivity index (χ4n) is 3.92. The van der Waals surface area contributed by atoms with Crippen LogP contribution in [0.4, 0.5) is 25.8 Å². The van der Waals surface area contributed by atoms with E-state index in [1.165, 1.54) is 25.1 Å². The average Bonchev–Trinajstić information content (AvgIpc) is 3.40. The molecule has 1 aliphatic carbocycles. The molecule has 1 unspecified atom stereocenters. The predicted molar refractivity (Wildman–Crippen MR) is 146 cm³/mol. The first kappa shape index (κ1) is 28.4. The van der Waals surface area contributed by atoms with Crippen LogP contribution in [0.1, 0.15) is 28.8 Å². The molecule has 13 heteroatoms. The summed E-state index contributed by atoms with van der Waals surface area (Å²) in [6, 6.07) is 10.5. The van der Waals surface area contributed by atoms with Gasteiger partial charge in [-0.3, -0.25) is 14.4 Å². The van der Waals surface area contributed by atoms with Crippen LogP contribution in [-0.2, 0) is 9.59 Å². The normalized spacial score (nSPS) is 17.5. The number of nitrogens with one attached hydrogen (secondary N) is 3. The molecule has 38 heavy (non-hydrogen) atoms. The van der Waals surface area contributed by atoms with Crippen LogP contribution in [-0.4, -0.2) is 22.1 Å². The topological polar surface area (TPSA) is 87.3 Å². The number of carbonyl (C=O) groups is 3. The van der Waals surface area contributed by atoms with Crippen molar-refractivity contribution >= 4 is 92.8 Å². The molecular weight excluding hydrogens is 606 g/mol. The van der Waals surface area contributed by atoms with Crippen LogP contribution in [0.15, 0.2) is 48.5 Å². The largest absolute Gasteiger partial charge is 0.326 e. The zero-order chi connectivity index (χ0) is 27.9. The van der Waals surface area contributed by atoms with E-state index in [0.717, 1.165) is 12.1 Å². The highest BCUT2D eigenvalue weighted by Crippen LogP contribution is 2.65. The molecule has 2 atom stereocenters. The predicted octanol–water partition coefficient (Wildman–Crippen LogP) is 7.66. The number of anilines is 3. The van der Waals surface area contributed by atoms with Crippen molar-refractivity contribution in [3.05, 3.63) is 86.4 Å². The molecule has 0 spiro atoms. The van der Waals surface area contributed by atoms with Crippen molar-refractivity contribution in [2.45, 2.75) is 17.2 Å². The minimum Gasteiger partial charge on any atom is -0.326 e. The summed E-state index contributed by atoms with van der Waals surface area (Å²) >= 11 is 30.9. The Balaban J connectivity index is 1.51. The number of alkyl halides is 2. The molecule has 1 aliphatic rings. The molecule has 3 amide bonds. The highest BCUT2D eigenvalue weighted by atomic mass is 35.5. The lowest BCUT2D eigenvalue weighted by atomic mass is 10.1. The van der Waals surface area contributed by atoms with Crippen molar-refractivity contribution in [3.63, 3.8) is 0 Å². The Kier molecular flexibility index (Phi) is 8.12. The third kappa shape index (κ3) is 5.84. The van der Waals surface area contributed by atoms with Crippen LogP contribution in [0.5, 0.6) is 0 Å². The summed E-state index contributed by atoms with van der Waals surface area (Å²) < 4.78 is 27.5. The smallest absolute Gasteiger partial charge is 0.257 e. The minimum absolute atomic E-state index is 0.0414. The maximum Gasteiger partial charge on any atom is 0.257 e. The fraction of sp³-hybridized carbons (Fsp3) is 0.160. The summed E-state index contributed by atoms with van der Waals surface area (Å²) in [5.74, 6) is -5.66. The first-order valence-electron chi connectivity index (χ1n) is 10.8. The maximum atomic E-state index is 14.4. The van der Waals surface area contributed by atoms with Gasteiger partial charge in [-0.05, 0) is 48.0 Å². The number of halogens is 7. The Hall–Kier alpha value is -2.62. The van der Waals surface area contributed by atoms with Gasteiger partial charge in [-0.1, -0.05) is 40.9 Å². The van der Waals surface area contributed by atoms with E-state index in [4.69, 9.17) is 58.0 Å².